The number of hydrogen-bond acceptors (Lipinski definition) is 3. The molecule has 1 aliphatic rings. The molecule has 0 radical (unpaired) electrons. The van der Waals surface area contributed by atoms with Crippen LogP contribution in [0.2, 0.25) is 5.02 Å². The minimum absolute atomic E-state index is 0.227. The van der Waals surface area contributed by atoms with Crippen molar-refractivity contribution in [3.05, 3.63) is 34.9 Å². The van der Waals surface area contributed by atoms with Gasteiger partial charge in [0.15, 0.2) is 0 Å². The molecule has 0 amide bonds. The second kappa shape index (κ2) is 7.41. The van der Waals surface area contributed by atoms with Gasteiger partial charge in [-0.3, -0.25) is 0 Å². The number of allylic oxidation sites excluding steroid dienone is 1. The first kappa shape index (κ1) is 15.8. The molecular formula is C13H14AtClNOPS. The van der Waals surface area contributed by atoms with Crippen LogP contribution < -0.4 is 10.0 Å². The third-order valence-corrected chi connectivity index (χ3v) is 5.54. The summed E-state index contributed by atoms with van der Waals surface area (Å²) < 4.78 is 3.51. The van der Waals surface area contributed by atoms with E-state index in [1.807, 2.05) is 18.2 Å². The summed E-state index contributed by atoms with van der Waals surface area (Å²) in [6.45, 7) is 0. The molecule has 2 nitrogen and oxygen atoms in total. The summed E-state index contributed by atoms with van der Waals surface area (Å²) in [5.41, 5.74) is 1.86. The summed E-state index contributed by atoms with van der Waals surface area (Å²) in [6.07, 6.45) is 5.28. The van der Waals surface area contributed by atoms with Gasteiger partial charge in [0.05, 0.1) is 0 Å². The monoisotopic (exact) mass is 508 g/mol. The molecule has 0 saturated heterocycles. The zero-order valence-corrected chi connectivity index (χ0v) is 15.8. The Bertz CT molecular complexity index is 523. The van der Waals surface area contributed by atoms with Crippen molar-refractivity contribution < 1.29 is 29.5 Å². The van der Waals surface area contributed by atoms with Crippen LogP contribution in [0.25, 0.3) is 0 Å². The molecule has 0 saturated carbocycles. The van der Waals surface area contributed by atoms with E-state index in [9.17, 15) is 4.79 Å². The Morgan fingerprint density at radius 1 is 1.53 bits per heavy atom. The third kappa shape index (κ3) is 4.43. The zero-order valence-electron chi connectivity index (χ0n) is 10.2. The van der Waals surface area contributed by atoms with Crippen molar-refractivity contribution in [2.24, 2.45) is 0 Å². The van der Waals surface area contributed by atoms with Crippen LogP contribution in [0.15, 0.2) is 29.8 Å². The number of hydrogen-bond donors (Lipinski definition) is 1. The van der Waals surface area contributed by atoms with Crippen LogP contribution in [0.5, 0.6) is 0 Å². The predicted octanol–water partition coefficient (Wildman–Crippen LogP) is 3.46. The molecule has 0 aromatic heterocycles. The van der Waals surface area contributed by atoms with Crippen LogP contribution >= 0.6 is 32.8 Å². The molecule has 0 aliphatic heterocycles. The molecule has 102 valence electrons. The Morgan fingerprint density at radius 2 is 2.32 bits per heavy atom. The van der Waals surface area contributed by atoms with Gasteiger partial charge in [-0.05, 0) is 0 Å². The number of carbonyl (C=O) groups excluding carboxylic acids is 1. The SMILES string of the molecule is O=C([At])C1=CCCCC1SNc1ccc(P)cc1Cl. The Morgan fingerprint density at radius 3 is 3.00 bits per heavy atom. The Hall–Kier alpha value is 0.383. The maximum absolute atomic E-state index is 11.6. The van der Waals surface area contributed by atoms with Gasteiger partial charge >= 0.3 is 141 Å². The molecule has 1 aliphatic carbocycles. The molecule has 2 unspecified atom stereocenters. The van der Waals surface area contributed by atoms with E-state index >= 15 is 0 Å². The molecule has 0 spiro atoms. The van der Waals surface area contributed by atoms with Crippen LogP contribution in [-0.4, -0.2) is 8.74 Å². The van der Waals surface area contributed by atoms with Crippen molar-refractivity contribution >= 4 is 47.3 Å². The Balaban J connectivity index is 2.03. The molecule has 0 fully saturated rings. The van der Waals surface area contributed by atoms with E-state index in [1.165, 1.54) is 24.7 Å². The average Bonchev–Trinajstić information content (AvgIpc) is 2.38. The van der Waals surface area contributed by atoms with E-state index in [2.05, 4.69) is 20.0 Å². The first-order valence-electron chi connectivity index (χ1n) is 5.94. The van der Waals surface area contributed by atoms with Gasteiger partial charge in [0.1, 0.15) is 0 Å². The number of halogens is 1. The number of nitrogens with one attached hydrogen (secondary N) is 1. The molecule has 1 aromatic rings. The predicted molar refractivity (Wildman–Crippen MR) is 82.7 cm³/mol. The molecule has 1 N–H and O–H groups in total. The van der Waals surface area contributed by atoms with E-state index in [0.29, 0.717) is 5.02 Å². The molecule has 2 atom stereocenters. The number of benzene rings is 1. The van der Waals surface area contributed by atoms with Gasteiger partial charge in [0.2, 0.25) is 0 Å². The normalized spacial score (nSPS) is 18.9. The van der Waals surface area contributed by atoms with Crippen molar-refractivity contribution in [1.29, 1.82) is 0 Å². The van der Waals surface area contributed by atoms with Crippen LogP contribution in [0.3, 0.4) is 0 Å². The van der Waals surface area contributed by atoms with Gasteiger partial charge in [-0.2, -0.15) is 0 Å². The van der Waals surface area contributed by atoms with Crippen LogP contribution in [0.4, 0.5) is 5.69 Å². The van der Waals surface area contributed by atoms with Crippen molar-refractivity contribution in [2.75, 3.05) is 4.72 Å². The molecule has 2 rings (SSSR count). The van der Waals surface area contributed by atoms with E-state index < -0.39 is 0 Å². The minimum atomic E-state index is 0.227. The van der Waals surface area contributed by atoms with Gasteiger partial charge in [-0.1, -0.05) is 0 Å². The number of rotatable bonds is 4. The fraction of sp³-hybridized carbons (Fsp3) is 0.308. The van der Waals surface area contributed by atoms with Crippen molar-refractivity contribution in [1.82, 2.24) is 0 Å². The van der Waals surface area contributed by atoms with E-state index in [-0.39, 0.29) is 8.74 Å². The Kier molecular flexibility index (Phi) is 6.15. The van der Waals surface area contributed by atoms with Gasteiger partial charge < -0.3 is 0 Å². The van der Waals surface area contributed by atoms with Gasteiger partial charge in [0, 0.05) is 0 Å². The van der Waals surface area contributed by atoms with Crippen LogP contribution in [-0.2, 0) is 4.79 Å². The summed E-state index contributed by atoms with van der Waals surface area (Å²) in [4.78, 5) is 11.6. The molecule has 6 heteroatoms. The third-order valence-electron chi connectivity index (χ3n) is 2.91. The van der Waals surface area contributed by atoms with E-state index in [0.717, 1.165) is 35.8 Å². The zero-order chi connectivity index (χ0) is 13.8. The molecule has 0 heterocycles. The molecule has 1 aromatic carbocycles. The second-order valence-electron chi connectivity index (χ2n) is 4.31. The summed E-state index contributed by atoms with van der Waals surface area (Å²) >= 11 is 8.99. The maximum atomic E-state index is 11.6. The topological polar surface area (TPSA) is 29.1 Å². The first-order valence-corrected chi connectivity index (χ1v) is 9.25. The van der Waals surface area contributed by atoms with E-state index in [1.54, 1.807) is 11.9 Å². The summed E-state index contributed by atoms with van der Waals surface area (Å²) in [5, 5.41) is 2.00. The van der Waals surface area contributed by atoms with Crippen molar-refractivity contribution in [3.8, 4) is 0 Å². The van der Waals surface area contributed by atoms with E-state index in [4.69, 9.17) is 11.6 Å². The molecular weight excluding hydrogens is 495 g/mol. The Labute approximate surface area is 140 Å². The summed E-state index contributed by atoms with van der Waals surface area (Å²) in [5.74, 6) is 0. The second-order valence-corrected chi connectivity index (χ2v) is 7.73. The molecule has 0 bridgehead atoms. The average molecular weight is 509 g/mol. The van der Waals surface area contributed by atoms with Gasteiger partial charge in [0.25, 0.3) is 0 Å². The summed E-state index contributed by atoms with van der Waals surface area (Å²) in [6, 6.07) is 5.85. The van der Waals surface area contributed by atoms with Gasteiger partial charge in [-0.15, -0.1) is 0 Å². The molecule has 19 heavy (non-hydrogen) atoms. The first-order chi connectivity index (χ1) is 9.08. The van der Waals surface area contributed by atoms with Crippen LogP contribution in [0, 0.1) is 24.7 Å². The fourth-order valence-corrected chi connectivity index (χ4v) is 4.75. The van der Waals surface area contributed by atoms with Crippen molar-refractivity contribution in [3.63, 3.8) is 0 Å². The number of anilines is 1. The van der Waals surface area contributed by atoms with Gasteiger partial charge in [-0.25, -0.2) is 0 Å². The fourth-order valence-electron chi connectivity index (χ4n) is 1.93. The quantitative estimate of drug-likeness (QED) is 0.499. The van der Waals surface area contributed by atoms with Crippen LogP contribution in [0.1, 0.15) is 19.3 Å². The van der Waals surface area contributed by atoms with Crippen molar-refractivity contribution in [2.45, 2.75) is 24.5 Å². The standard InChI is InChI=1S/C13H14AtClNOPS/c14-13(17)9-3-1-2-4-12(9)19-16-11-6-5-8(18)7-10(11)15/h3,5-7,12,16H,1-2,4,18H2. The number of carbonyl (C=O) groups is 1. The summed E-state index contributed by atoms with van der Waals surface area (Å²) in [7, 11) is 2.62.